The first-order valence-corrected chi connectivity index (χ1v) is 10.9. The summed E-state index contributed by atoms with van der Waals surface area (Å²) < 4.78 is 0. The molecule has 2 amide bonds. The van der Waals surface area contributed by atoms with Gasteiger partial charge in [0.25, 0.3) is 0 Å². The highest BCUT2D eigenvalue weighted by atomic mass is 127. The first-order valence-electron chi connectivity index (χ1n) is 10.5. The molecule has 10 heteroatoms. The molecular formula is C21H32ClIN6O2. The molecule has 1 unspecified atom stereocenters. The Morgan fingerprint density at radius 1 is 1.13 bits per heavy atom. The standard InChI is InChI=1S/C21H31ClN6O2.HI/c1-24-21(28-8-2-3-16(15-28)13-19(23)29)25-14-20(30)27-11-9-26(10-12-27)18-6-4-17(22)5-7-18;/h4-7,16H,2-3,8-15H2,1H3,(H2,23,29)(H,24,25);1H. The zero-order chi connectivity index (χ0) is 21.5. The lowest BCUT2D eigenvalue weighted by Gasteiger charge is -2.37. The summed E-state index contributed by atoms with van der Waals surface area (Å²) in [5, 5.41) is 3.92. The van der Waals surface area contributed by atoms with E-state index in [-0.39, 0.29) is 48.3 Å². The van der Waals surface area contributed by atoms with Crippen LogP contribution >= 0.6 is 35.6 Å². The number of piperidine rings is 1. The maximum Gasteiger partial charge on any atom is 0.242 e. The van der Waals surface area contributed by atoms with Crippen molar-refractivity contribution in [1.29, 1.82) is 0 Å². The summed E-state index contributed by atoms with van der Waals surface area (Å²) in [6, 6.07) is 7.79. The van der Waals surface area contributed by atoms with E-state index in [4.69, 9.17) is 17.3 Å². The number of aliphatic imine (C=N–C) groups is 1. The van der Waals surface area contributed by atoms with Gasteiger partial charge in [0.1, 0.15) is 0 Å². The van der Waals surface area contributed by atoms with Crippen LogP contribution in [-0.4, -0.2) is 80.4 Å². The van der Waals surface area contributed by atoms with Gasteiger partial charge in [0.2, 0.25) is 11.8 Å². The second kappa shape index (κ2) is 12.3. The third kappa shape index (κ3) is 7.41. The molecule has 2 saturated heterocycles. The second-order valence-corrected chi connectivity index (χ2v) is 8.31. The third-order valence-electron chi connectivity index (χ3n) is 5.74. The Labute approximate surface area is 206 Å². The maximum atomic E-state index is 12.7. The minimum Gasteiger partial charge on any atom is -0.370 e. The van der Waals surface area contributed by atoms with Crippen molar-refractivity contribution in [3.63, 3.8) is 0 Å². The molecule has 2 aliphatic rings. The summed E-state index contributed by atoms with van der Waals surface area (Å²) in [5.41, 5.74) is 6.47. The lowest BCUT2D eigenvalue weighted by molar-refractivity contribution is -0.130. The molecule has 0 bridgehead atoms. The number of halogens is 2. The number of hydrogen-bond donors (Lipinski definition) is 2. The third-order valence-corrected chi connectivity index (χ3v) is 5.99. The Morgan fingerprint density at radius 3 is 2.42 bits per heavy atom. The first-order chi connectivity index (χ1) is 14.5. The Bertz CT molecular complexity index is 768. The number of nitrogens with two attached hydrogens (primary N) is 1. The minimum atomic E-state index is -0.266. The molecule has 3 rings (SSSR count). The number of carbonyl (C=O) groups is 2. The molecule has 1 aromatic rings. The Kier molecular flexibility index (Phi) is 10.1. The normalized spacial score (nSPS) is 19.6. The topological polar surface area (TPSA) is 94.3 Å². The molecule has 0 aromatic heterocycles. The molecule has 0 saturated carbocycles. The van der Waals surface area contributed by atoms with Crippen LogP contribution in [0, 0.1) is 5.92 Å². The zero-order valence-corrected chi connectivity index (χ0v) is 21.0. The quantitative estimate of drug-likeness (QED) is 0.324. The summed E-state index contributed by atoms with van der Waals surface area (Å²) in [5.74, 6) is 0.749. The van der Waals surface area contributed by atoms with E-state index in [2.05, 4.69) is 20.1 Å². The van der Waals surface area contributed by atoms with Crippen LogP contribution in [0.3, 0.4) is 0 Å². The molecule has 1 atom stereocenters. The molecule has 0 aliphatic carbocycles. The number of nitrogens with zero attached hydrogens (tertiary/aromatic N) is 4. The van der Waals surface area contributed by atoms with Crippen molar-refractivity contribution in [1.82, 2.24) is 15.1 Å². The van der Waals surface area contributed by atoms with Gasteiger partial charge in [0, 0.05) is 63.4 Å². The number of piperazine rings is 1. The Balaban J connectivity index is 0.00000341. The van der Waals surface area contributed by atoms with Crippen molar-refractivity contribution in [2.45, 2.75) is 19.3 Å². The molecule has 0 radical (unpaired) electrons. The lowest BCUT2D eigenvalue weighted by atomic mass is 9.95. The van der Waals surface area contributed by atoms with Crippen LogP contribution in [0.2, 0.25) is 5.02 Å². The van der Waals surface area contributed by atoms with Crippen molar-refractivity contribution >= 4 is 59.0 Å². The highest BCUT2D eigenvalue weighted by molar-refractivity contribution is 14.0. The van der Waals surface area contributed by atoms with Gasteiger partial charge in [-0.2, -0.15) is 0 Å². The van der Waals surface area contributed by atoms with Gasteiger partial charge in [0.15, 0.2) is 5.96 Å². The summed E-state index contributed by atoms with van der Waals surface area (Å²) in [6.07, 6.45) is 2.37. The highest BCUT2D eigenvalue weighted by Crippen LogP contribution is 2.20. The molecule has 2 heterocycles. The van der Waals surface area contributed by atoms with Gasteiger partial charge in [0.05, 0.1) is 6.54 Å². The van der Waals surface area contributed by atoms with Crippen LogP contribution in [0.5, 0.6) is 0 Å². The van der Waals surface area contributed by atoms with E-state index in [1.165, 1.54) is 0 Å². The monoisotopic (exact) mass is 562 g/mol. The molecule has 0 spiro atoms. The van der Waals surface area contributed by atoms with Gasteiger partial charge >= 0.3 is 0 Å². The van der Waals surface area contributed by atoms with E-state index < -0.39 is 0 Å². The van der Waals surface area contributed by atoms with Gasteiger partial charge < -0.3 is 25.8 Å². The van der Waals surface area contributed by atoms with Crippen molar-refractivity contribution < 1.29 is 9.59 Å². The Morgan fingerprint density at radius 2 is 1.81 bits per heavy atom. The molecular weight excluding hydrogens is 531 g/mol. The van der Waals surface area contributed by atoms with Crippen LogP contribution in [-0.2, 0) is 9.59 Å². The van der Waals surface area contributed by atoms with E-state index in [0.29, 0.717) is 25.5 Å². The van der Waals surface area contributed by atoms with Gasteiger partial charge in [-0.25, -0.2) is 0 Å². The van der Waals surface area contributed by atoms with E-state index in [9.17, 15) is 9.59 Å². The fourth-order valence-electron chi connectivity index (χ4n) is 4.17. The molecule has 2 aliphatic heterocycles. The predicted octanol–water partition coefficient (Wildman–Crippen LogP) is 1.77. The van der Waals surface area contributed by atoms with Crippen LogP contribution in [0.25, 0.3) is 0 Å². The zero-order valence-electron chi connectivity index (χ0n) is 17.9. The summed E-state index contributed by atoms with van der Waals surface area (Å²) in [7, 11) is 1.72. The van der Waals surface area contributed by atoms with Crippen molar-refractivity contribution in [2.75, 3.05) is 57.8 Å². The number of primary amides is 1. The number of nitrogens with one attached hydrogen (secondary N) is 1. The molecule has 172 valence electrons. The molecule has 1 aromatic carbocycles. The molecule has 3 N–H and O–H groups in total. The summed E-state index contributed by atoms with van der Waals surface area (Å²) in [4.78, 5) is 34.5. The first kappa shape index (κ1) is 25.5. The van der Waals surface area contributed by atoms with Crippen molar-refractivity contribution in [3.05, 3.63) is 29.3 Å². The van der Waals surface area contributed by atoms with E-state index in [1.54, 1.807) is 7.05 Å². The van der Waals surface area contributed by atoms with Gasteiger partial charge in [-0.1, -0.05) is 11.6 Å². The molecule has 2 fully saturated rings. The van der Waals surface area contributed by atoms with Crippen LogP contribution in [0.4, 0.5) is 5.69 Å². The molecule has 31 heavy (non-hydrogen) atoms. The fourth-order valence-corrected chi connectivity index (χ4v) is 4.30. The maximum absolute atomic E-state index is 12.7. The largest absolute Gasteiger partial charge is 0.370 e. The summed E-state index contributed by atoms with van der Waals surface area (Å²) >= 11 is 5.96. The van der Waals surface area contributed by atoms with E-state index in [1.807, 2.05) is 29.2 Å². The van der Waals surface area contributed by atoms with Crippen LogP contribution < -0.4 is 16.0 Å². The number of hydrogen-bond acceptors (Lipinski definition) is 4. The van der Waals surface area contributed by atoms with Gasteiger partial charge in [-0.3, -0.25) is 14.6 Å². The van der Waals surface area contributed by atoms with Crippen molar-refractivity contribution in [2.24, 2.45) is 16.6 Å². The smallest absolute Gasteiger partial charge is 0.242 e. The molecule has 8 nitrogen and oxygen atoms in total. The van der Waals surface area contributed by atoms with Gasteiger partial charge in [-0.15, -0.1) is 24.0 Å². The fraction of sp³-hybridized carbons (Fsp3) is 0.571. The minimum absolute atomic E-state index is 0. The second-order valence-electron chi connectivity index (χ2n) is 7.87. The number of anilines is 1. The number of likely N-dealkylation sites (tertiary alicyclic amines) is 1. The van der Waals surface area contributed by atoms with E-state index in [0.717, 1.165) is 49.7 Å². The number of benzene rings is 1. The lowest BCUT2D eigenvalue weighted by Crippen LogP contribution is -2.53. The van der Waals surface area contributed by atoms with Crippen molar-refractivity contribution in [3.8, 4) is 0 Å². The van der Waals surface area contributed by atoms with Crippen LogP contribution in [0.1, 0.15) is 19.3 Å². The average molecular weight is 563 g/mol. The van der Waals surface area contributed by atoms with Crippen LogP contribution in [0.15, 0.2) is 29.3 Å². The number of guanidine groups is 1. The number of carbonyl (C=O) groups excluding carboxylic acids is 2. The van der Waals surface area contributed by atoms with E-state index >= 15 is 0 Å². The number of rotatable bonds is 5. The SMILES string of the molecule is CN=C(NCC(=O)N1CCN(c2ccc(Cl)cc2)CC1)N1CCCC(CC(N)=O)C1.I. The van der Waals surface area contributed by atoms with Gasteiger partial charge in [-0.05, 0) is 43.0 Å². The number of amides is 2. The predicted molar refractivity (Wildman–Crippen MR) is 135 cm³/mol. The Hall–Kier alpha value is -1.75. The summed E-state index contributed by atoms with van der Waals surface area (Å²) in [6.45, 7) is 4.77. The highest BCUT2D eigenvalue weighted by Gasteiger charge is 2.25. The average Bonchev–Trinajstić information content (AvgIpc) is 2.74.